The molecule has 2 unspecified atom stereocenters. The van der Waals surface area contributed by atoms with E-state index in [1.165, 1.54) is 0 Å². The first-order valence-electron chi connectivity index (χ1n) is 6.14. The zero-order valence-electron chi connectivity index (χ0n) is 11.2. The Labute approximate surface area is 125 Å². The van der Waals surface area contributed by atoms with Gasteiger partial charge in [0.2, 0.25) is 0 Å². The van der Waals surface area contributed by atoms with Crippen molar-refractivity contribution < 1.29 is 9.00 Å². The van der Waals surface area contributed by atoms with Gasteiger partial charge < -0.3 is 5.32 Å². The van der Waals surface area contributed by atoms with E-state index in [-0.39, 0.29) is 16.9 Å². The summed E-state index contributed by atoms with van der Waals surface area (Å²) in [5.74, 6) is -0.310. The molecule has 2 aromatic rings. The molecule has 1 amide bonds. The molecule has 0 aliphatic carbocycles. The maximum absolute atomic E-state index is 12.0. The lowest BCUT2D eigenvalue weighted by atomic mass is 10.1. The molecule has 0 saturated heterocycles. The summed E-state index contributed by atoms with van der Waals surface area (Å²) >= 11 is 6.08. The Morgan fingerprint density at radius 3 is 2.85 bits per heavy atom. The van der Waals surface area contributed by atoms with Crippen LogP contribution in [0.4, 0.5) is 0 Å². The lowest BCUT2D eigenvalue weighted by Crippen LogP contribution is -2.33. The third-order valence-corrected chi connectivity index (χ3v) is 4.63. The molecule has 2 rings (SSSR count). The summed E-state index contributed by atoms with van der Waals surface area (Å²) in [7, 11) is -0.971. The SMILES string of the molecule is CC(CNC(=O)c1cc2ccccc2c(Cl)n1)S(C)=O. The second-order valence-corrected chi connectivity index (χ2v) is 6.70. The number of rotatable bonds is 4. The fraction of sp³-hybridized carbons (Fsp3) is 0.286. The Hall–Kier alpha value is -1.46. The standard InChI is InChI=1S/C14H15ClN2O2S/c1-9(20(2)19)8-16-14(18)12-7-10-5-3-4-6-11(10)13(15)17-12/h3-7,9H,8H2,1-2H3,(H,16,18). The smallest absolute Gasteiger partial charge is 0.270 e. The zero-order chi connectivity index (χ0) is 14.7. The lowest BCUT2D eigenvalue weighted by Gasteiger charge is -2.10. The minimum atomic E-state index is -0.971. The van der Waals surface area contributed by atoms with E-state index in [0.29, 0.717) is 11.7 Å². The predicted octanol–water partition coefficient (Wildman–Crippen LogP) is 2.39. The van der Waals surface area contributed by atoms with Crippen molar-refractivity contribution in [2.24, 2.45) is 0 Å². The minimum Gasteiger partial charge on any atom is -0.350 e. The number of nitrogens with one attached hydrogen (secondary N) is 1. The molecular weight excluding hydrogens is 296 g/mol. The van der Waals surface area contributed by atoms with Crippen LogP contribution in [0.15, 0.2) is 30.3 Å². The van der Waals surface area contributed by atoms with Crippen molar-refractivity contribution in [2.45, 2.75) is 12.2 Å². The molecule has 0 aliphatic rings. The molecule has 1 heterocycles. The van der Waals surface area contributed by atoms with Crippen molar-refractivity contribution in [3.63, 3.8) is 0 Å². The molecule has 0 radical (unpaired) electrons. The largest absolute Gasteiger partial charge is 0.350 e. The van der Waals surface area contributed by atoms with Gasteiger partial charge in [0.15, 0.2) is 0 Å². The minimum absolute atomic E-state index is 0.102. The summed E-state index contributed by atoms with van der Waals surface area (Å²) in [5.41, 5.74) is 0.266. The molecule has 0 saturated carbocycles. The van der Waals surface area contributed by atoms with Gasteiger partial charge in [-0.2, -0.15) is 0 Å². The Morgan fingerprint density at radius 1 is 1.45 bits per heavy atom. The maximum atomic E-state index is 12.0. The lowest BCUT2D eigenvalue weighted by molar-refractivity contribution is 0.0949. The summed E-state index contributed by atoms with van der Waals surface area (Å²) in [6, 6.07) is 9.18. The van der Waals surface area contributed by atoms with E-state index < -0.39 is 10.8 Å². The first-order valence-corrected chi connectivity index (χ1v) is 8.14. The molecule has 1 aromatic carbocycles. The summed E-state index contributed by atoms with van der Waals surface area (Å²) in [6.45, 7) is 2.16. The second kappa shape index (κ2) is 6.33. The van der Waals surface area contributed by atoms with Crippen molar-refractivity contribution in [3.8, 4) is 0 Å². The van der Waals surface area contributed by atoms with Crippen LogP contribution in [0.5, 0.6) is 0 Å². The van der Waals surface area contributed by atoms with Gasteiger partial charge in [0.05, 0.1) is 0 Å². The molecule has 0 bridgehead atoms. The molecule has 1 N–H and O–H groups in total. The summed E-state index contributed by atoms with van der Waals surface area (Å²) < 4.78 is 11.2. The van der Waals surface area contributed by atoms with Crippen LogP contribution in [0.1, 0.15) is 17.4 Å². The number of carbonyl (C=O) groups excluding carboxylic acids is 1. The Kier molecular flexibility index (Phi) is 4.73. The summed E-state index contributed by atoms with van der Waals surface area (Å²) in [5, 5.41) is 4.60. The summed E-state index contributed by atoms with van der Waals surface area (Å²) in [4.78, 5) is 16.1. The topological polar surface area (TPSA) is 59.1 Å². The van der Waals surface area contributed by atoms with Crippen molar-refractivity contribution in [1.29, 1.82) is 0 Å². The zero-order valence-corrected chi connectivity index (χ0v) is 12.8. The highest BCUT2D eigenvalue weighted by Crippen LogP contribution is 2.22. The van der Waals surface area contributed by atoms with Gasteiger partial charge in [0.1, 0.15) is 10.8 Å². The number of fused-ring (bicyclic) bond motifs is 1. The normalized spacial score (nSPS) is 13.9. The van der Waals surface area contributed by atoms with Crippen LogP contribution in [0.2, 0.25) is 5.15 Å². The molecule has 0 spiro atoms. The first-order chi connectivity index (χ1) is 9.49. The quantitative estimate of drug-likeness (QED) is 0.882. The molecule has 106 valence electrons. The van der Waals surface area contributed by atoms with Gasteiger partial charge in [-0.05, 0) is 18.4 Å². The van der Waals surface area contributed by atoms with E-state index in [1.54, 1.807) is 12.3 Å². The van der Waals surface area contributed by atoms with Crippen LogP contribution in [-0.4, -0.2) is 33.2 Å². The van der Waals surface area contributed by atoms with Crippen molar-refractivity contribution >= 4 is 39.1 Å². The van der Waals surface area contributed by atoms with Crippen LogP contribution in [0, 0.1) is 0 Å². The van der Waals surface area contributed by atoms with Crippen molar-refractivity contribution in [3.05, 3.63) is 41.2 Å². The van der Waals surface area contributed by atoms with E-state index in [0.717, 1.165) is 10.8 Å². The number of aromatic nitrogens is 1. The number of hydrogen-bond acceptors (Lipinski definition) is 3. The highest BCUT2D eigenvalue weighted by Gasteiger charge is 2.13. The number of carbonyl (C=O) groups is 1. The molecule has 6 heteroatoms. The Balaban J connectivity index is 2.20. The van der Waals surface area contributed by atoms with Gasteiger partial charge in [-0.1, -0.05) is 35.9 Å². The van der Waals surface area contributed by atoms with Gasteiger partial charge in [0, 0.05) is 34.2 Å². The fourth-order valence-corrected chi connectivity index (χ4v) is 2.30. The molecule has 0 fully saturated rings. The van der Waals surface area contributed by atoms with Crippen LogP contribution in [-0.2, 0) is 10.8 Å². The van der Waals surface area contributed by atoms with Gasteiger partial charge >= 0.3 is 0 Å². The van der Waals surface area contributed by atoms with Crippen molar-refractivity contribution in [2.75, 3.05) is 12.8 Å². The molecular formula is C14H15ClN2O2S. The van der Waals surface area contributed by atoms with Gasteiger partial charge in [-0.15, -0.1) is 0 Å². The van der Waals surface area contributed by atoms with E-state index in [2.05, 4.69) is 10.3 Å². The number of pyridine rings is 1. The Morgan fingerprint density at radius 2 is 2.15 bits per heavy atom. The summed E-state index contributed by atoms with van der Waals surface area (Å²) in [6.07, 6.45) is 1.61. The van der Waals surface area contributed by atoms with Crippen molar-refractivity contribution in [1.82, 2.24) is 10.3 Å². The van der Waals surface area contributed by atoms with Gasteiger partial charge in [0.25, 0.3) is 5.91 Å². The van der Waals surface area contributed by atoms with E-state index in [1.807, 2.05) is 31.2 Å². The number of halogens is 1. The average molecular weight is 311 g/mol. The molecule has 2 atom stereocenters. The van der Waals surface area contributed by atoms with Crippen LogP contribution < -0.4 is 5.32 Å². The van der Waals surface area contributed by atoms with E-state index in [9.17, 15) is 9.00 Å². The number of amides is 1. The predicted molar refractivity (Wildman–Crippen MR) is 82.6 cm³/mol. The van der Waals surface area contributed by atoms with E-state index in [4.69, 9.17) is 11.6 Å². The molecule has 1 aromatic heterocycles. The Bertz CT molecular complexity index is 675. The highest BCUT2D eigenvalue weighted by atomic mass is 35.5. The highest BCUT2D eigenvalue weighted by molar-refractivity contribution is 7.84. The number of nitrogens with zero attached hydrogens (tertiary/aromatic N) is 1. The fourth-order valence-electron chi connectivity index (χ4n) is 1.72. The average Bonchev–Trinajstić information content (AvgIpc) is 2.44. The molecule has 20 heavy (non-hydrogen) atoms. The van der Waals surface area contributed by atoms with E-state index >= 15 is 0 Å². The van der Waals surface area contributed by atoms with Gasteiger partial charge in [-0.3, -0.25) is 9.00 Å². The second-order valence-electron chi connectivity index (χ2n) is 4.54. The third kappa shape index (κ3) is 3.35. The van der Waals surface area contributed by atoms with Crippen LogP contribution in [0.25, 0.3) is 10.8 Å². The van der Waals surface area contributed by atoms with Gasteiger partial charge in [-0.25, -0.2) is 4.98 Å². The maximum Gasteiger partial charge on any atom is 0.270 e. The van der Waals surface area contributed by atoms with Crippen LogP contribution >= 0.6 is 11.6 Å². The van der Waals surface area contributed by atoms with Crippen LogP contribution in [0.3, 0.4) is 0 Å². The molecule has 4 nitrogen and oxygen atoms in total. The number of benzene rings is 1. The first kappa shape index (κ1) is 14.9. The third-order valence-electron chi connectivity index (χ3n) is 3.04. The number of hydrogen-bond donors (Lipinski definition) is 1. The molecule has 0 aliphatic heterocycles. The monoisotopic (exact) mass is 310 g/mol.